The Balaban J connectivity index is 2.02. The first-order valence-electron chi connectivity index (χ1n) is 8.21. The molecule has 0 aromatic carbocycles. The van der Waals surface area contributed by atoms with Gasteiger partial charge in [-0.05, 0) is 39.8 Å². The molecule has 4 heteroatoms. The van der Waals surface area contributed by atoms with Crippen LogP contribution in [0.3, 0.4) is 0 Å². The van der Waals surface area contributed by atoms with E-state index in [0.717, 1.165) is 12.6 Å². The van der Waals surface area contributed by atoms with Crippen LogP contribution in [0.4, 0.5) is 0 Å². The highest BCUT2D eigenvalue weighted by atomic mass is 15.3. The van der Waals surface area contributed by atoms with Gasteiger partial charge in [0.1, 0.15) is 0 Å². The van der Waals surface area contributed by atoms with Gasteiger partial charge in [-0.1, -0.05) is 20.8 Å². The summed E-state index contributed by atoms with van der Waals surface area (Å²) < 4.78 is 1.96. The summed E-state index contributed by atoms with van der Waals surface area (Å²) in [5.41, 5.74) is 2.73. The lowest BCUT2D eigenvalue weighted by atomic mass is 9.88. The van der Waals surface area contributed by atoms with Crippen molar-refractivity contribution in [3.05, 3.63) is 17.5 Å². The second-order valence-corrected chi connectivity index (χ2v) is 7.64. The number of aromatic nitrogens is 2. The molecule has 0 radical (unpaired) electrons. The molecular weight excluding hydrogens is 260 g/mol. The van der Waals surface area contributed by atoms with Crippen molar-refractivity contribution in [3.8, 4) is 0 Å². The number of rotatable bonds is 4. The fourth-order valence-corrected chi connectivity index (χ4v) is 3.49. The van der Waals surface area contributed by atoms with Crippen LogP contribution in [0, 0.1) is 0 Å². The average molecular weight is 292 g/mol. The van der Waals surface area contributed by atoms with Gasteiger partial charge in [0.25, 0.3) is 0 Å². The third-order valence-electron chi connectivity index (χ3n) is 4.76. The van der Waals surface area contributed by atoms with Crippen LogP contribution in [0.5, 0.6) is 0 Å². The predicted octanol–water partition coefficient (Wildman–Crippen LogP) is 2.68. The molecule has 1 saturated carbocycles. The van der Waals surface area contributed by atoms with E-state index in [2.05, 4.69) is 56.4 Å². The molecule has 0 amide bonds. The Hall–Kier alpha value is -0.870. The van der Waals surface area contributed by atoms with Gasteiger partial charge in [-0.3, -0.25) is 9.58 Å². The fourth-order valence-electron chi connectivity index (χ4n) is 3.49. The van der Waals surface area contributed by atoms with Crippen molar-refractivity contribution < 1.29 is 0 Å². The Labute approximate surface area is 129 Å². The molecule has 1 aromatic rings. The lowest BCUT2D eigenvalue weighted by Crippen LogP contribution is -2.39. The van der Waals surface area contributed by atoms with Gasteiger partial charge in [0.05, 0.1) is 5.69 Å². The maximum Gasteiger partial charge on any atom is 0.0722 e. The highest BCUT2D eigenvalue weighted by Crippen LogP contribution is 2.27. The predicted molar refractivity (Wildman–Crippen MR) is 88.5 cm³/mol. The highest BCUT2D eigenvalue weighted by molar-refractivity contribution is 5.24. The summed E-state index contributed by atoms with van der Waals surface area (Å²) in [6.45, 7) is 7.75. The van der Waals surface area contributed by atoms with Crippen LogP contribution in [0.25, 0.3) is 0 Å². The molecule has 0 bridgehead atoms. The summed E-state index contributed by atoms with van der Waals surface area (Å²) in [4.78, 5) is 2.53. The van der Waals surface area contributed by atoms with E-state index in [-0.39, 0.29) is 5.41 Å². The minimum Gasteiger partial charge on any atom is -0.317 e. The van der Waals surface area contributed by atoms with E-state index < -0.39 is 0 Å². The van der Waals surface area contributed by atoms with Gasteiger partial charge >= 0.3 is 0 Å². The largest absolute Gasteiger partial charge is 0.317 e. The van der Waals surface area contributed by atoms with E-state index in [1.165, 1.54) is 36.9 Å². The summed E-state index contributed by atoms with van der Waals surface area (Å²) in [7, 11) is 6.38. The summed E-state index contributed by atoms with van der Waals surface area (Å²) in [6.07, 6.45) is 7.38. The minimum atomic E-state index is 0.112. The van der Waals surface area contributed by atoms with Crippen molar-refractivity contribution in [1.82, 2.24) is 20.0 Å². The Morgan fingerprint density at radius 2 is 1.90 bits per heavy atom. The van der Waals surface area contributed by atoms with Crippen molar-refractivity contribution in [1.29, 1.82) is 0 Å². The summed E-state index contributed by atoms with van der Waals surface area (Å²) in [6, 6.07) is 1.43. The molecule has 1 aliphatic carbocycles. The Kier molecular flexibility index (Phi) is 5.10. The van der Waals surface area contributed by atoms with Crippen molar-refractivity contribution >= 4 is 0 Å². The van der Waals surface area contributed by atoms with E-state index in [1.807, 2.05) is 11.7 Å². The third kappa shape index (κ3) is 4.07. The zero-order valence-electron chi connectivity index (χ0n) is 14.6. The molecule has 1 fully saturated rings. The molecule has 2 rings (SSSR count). The van der Waals surface area contributed by atoms with Crippen LogP contribution in [0.1, 0.15) is 57.7 Å². The van der Waals surface area contributed by atoms with E-state index in [0.29, 0.717) is 6.04 Å². The zero-order valence-corrected chi connectivity index (χ0v) is 14.6. The summed E-state index contributed by atoms with van der Waals surface area (Å²) >= 11 is 0. The summed E-state index contributed by atoms with van der Waals surface area (Å²) in [5.74, 6) is 0. The quantitative estimate of drug-likeness (QED) is 0.926. The van der Waals surface area contributed by atoms with Crippen LogP contribution in [-0.4, -0.2) is 40.9 Å². The standard InChI is InChI=1S/C17H32N4/c1-17(2,3)16-13(12-21(6)19-16)11-20(5)15-9-7-14(18-4)8-10-15/h12,14-15,18H,7-11H2,1-6H3. The lowest BCUT2D eigenvalue weighted by molar-refractivity contribution is 0.169. The Bertz CT molecular complexity index is 450. The maximum absolute atomic E-state index is 4.69. The number of nitrogens with one attached hydrogen (secondary N) is 1. The van der Waals surface area contributed by atoms with Crippen molar-refractivity contribution in [2.45, 2.75) is 70.5 Å². The molecule has 1 aromatic heterocycles. The first-order chi connectivity index (χ1) is 9.81. The van der Waals surface area contributed by atoms with Crippen LogP contribution < -0.4 is 5.32 Å². The smallest absolute Gasteiger partial charge is 0.0722 e. The van der Waals surface area contributed by atoms with E-state index in [9.17, 15) is 0 Å². The molecule has 120 valence electrons. The summed E-state index contributed by atoms with van der Waals surface area (Å²) in [5, 5.41) is 8.10. The molecule has 0 saturated heterocycles. The molecular formula is C17H32N4. The second kappa shape index (κ2) is 6.49. The fraction of sp³-hybridized carbons (Fsp3) is 0.824. The minimum absolute atomic E-state index is 0.112. The first kappa shape index (κ1) is 16.5. The van der Waals surface area contributed by atoms with Crippen LogP contribution in [0.15, 0.2) is 6.20 Å². The third-order valence-corrected chi connectivity index (χ3v) is 4.76. The van der Waals surface area contributed by atoms with Crippen molar-refractivity contribution in [2.75, 3.05) is 14.1 Å². The highest BCUT2D eigenvalue weighted by Gasteiger charge is 2.26. The monoisotopic (exact) mass is 292 g/mol. The van der Waals surface area contributed by atoms with Crippen LogP contribution in [0.2, 0.25) is 0 Å². The Morgan fingerprint density at radius 1 is 1.29 bits per heavy atom. The van der Waals surface area contributed by atoms with Crippen molar-refractivity contribution in [3.63, 3.8) is 0 Å². The van der Waals surface area contributed by atoms with Gasteiger partial charge in [-0.2, -0.15) is 5.10 Å². The molecule has 1 heterocycles. The SMILES string of the molecule is CNC1CCC(N(C)Cc2cn(C)nc2C(C)(C)C)CC1. The van der Waals surface area contributed by atoms with Crippen molar-refractivity contribution in [2.24, 2.45) is 7.05 Å². The second-order valence-electron chi connectivity index (χ2n) is 7.64. The molecule has 0 spiro atoms. The van der Waals surface area contributed by atoms with Gasteiger partial charge in [0, 0.05) is 42.9 Å². The van der Waals surface area contributed by atoms with Gasteiger partial charge in [0.2, 0.25) is 0 Å². The average Bonchev–Trinajstić information content (AvgIpc) is 2.79. The molecule has 1 aliphatic rings. The topological polar surface area (TPSA) is 33.1 Å². The number of nitrogens with zero attached hydrogens (tertiary/aromatic N) is 3. The molecule has 0 aliphatic heterocycles. The lowest BCUT2D eigenvalue weighted by Gasteiger charge is -2.34. The van der Waals surface area contributed by atoms with E-state index in [4.69, 9.17) is 0 Å². The molecule has 4 nitrogen and oxygen atoms in total. The van der Waals surface area contributed by atoms with Gasteiger partial charge < -0.3 is 5.32 Å². The maximum atomic E-state index is 4.69. The number of aryl methyl sites for hydroxylation is 1. The zero-order chi connectivity index (χ0) is 15.6. The number of hydrogen-bond donors (Lipinski definition) is 1. The molecule has 1 N–H and O–H groups in total. The van der Waals surface area contributed by atoms with Gasteiger partial charge in [-0.15, -0.1) is 0 Å². The van der Waals surface area contributed by atoms with Crippen LogP contribution >= 0.6 is 0 Å². The van der Waals surface area contributed by atoms with Crippen LogP contribution in [-0.2, 0) is 19.0 Å². The normalized spacial score (nSPS) is 23.8. The number of hydrogen-bond acceptors (Lipinski definition) is 3. The van der Waals surface area contributed by atoms with E-state index in [1.54, 1.807) is 0 Å². The first-order valence-corrected chi connectivity index (χ1v) is 8.21. The molecule has 0 atom stereocenters. The molecule has 21 heavy (non-hydrogen) atoms. The van der Waals surface area contributed by atoms with Gasteiger partial charge in [0.15, 0.2) is 0 Å². The van der Waals surface area contributed by atoms with Gasteiger partial charge in [-0.25, -0.2) is 0 Å². The van der Waals surface area contributed by atoms with E-state index >= 15 is 0 Å². The molecule has 0 unspecified atom stereocenters. The Morgan fingerprint density at radius 3 is 2.43 bits per heavy atom.